The Kier molecular flexibility index (Phi) is 4.10. The highest BCUT2D eigenvalue weighted by Crippen LogP contribution is 2.19. The Hall–Kier alpha value is -0.870. The van der Waals surface area contributed by atoms with Crippen molar-refractivity contribution in [1.82, 2.24) is 0 Å². The maximum Gasteiger partial charge on any atom is 0.181 e. The quantitative estimate of drug-likeness (QED) is 0.875. The fraction of sp³-hybridized carbons (Fsp3) is 0.500. The van der Waals surface area contributed by atoms with Gasteiger partial charge in [0.15, 0.2) is 9.84 Å². The summed E-state index contributed by atoms with van der Waals surface area (Å²) in [7, 11) is -3.24. The minimum atomic E-state index is -3.24. The summed E-state index contributed by atoms with van der Waals surface area (Å²) in [4.78, 5) is 0.389. The van der Waals surface area contributed by atoms with E-state index >= 15 is 0 Å². The zero-order valence-electron chi connectivity index (χ0n) is 9.97. The van der Waals surface area contributed by atoms with E-state index in [0.717, 1.165) is 5.56 Å². The molecule has 0 aliphatic carbocycles. The Morgan fingerprint density at radius 1 is 1.31 bits per heavy atom. The highest BCUT2D eigenvalue weighted by molar-refractivity contribution is 7.92. The molecular weight excluding hydrogens is 222 g/mol. The number of hydrogen-bond acceptors (Lipinski definition) is 3. The molecule has 1 aromatic carbocycles. The smallest absolute Gasteiger partial charge is 0.181 e. The number of aryl methyl sites for hydroxylation is 1. The third kappa shape index (κ3) is 3.06. The second kappa shape index (κ2) is 4.97. The molecule has 2 unspecified atom stereocenters. The van der Waals surface area contributed by atoms with Crippen LogP contribution in [0.5, 0.6) is 0 Å². The van der Waals surface area contributed by atoms with Crippen molar-refractivity contribution in [3.63, 3.8) is 0 Å². The number of sulfone groups is 1. The molecule has 4 heteroatoms. The van der Waals surface area contributed by atoms with Crippen LogP contribution in [0.25, 0.3) is 0 Å². The standard InChI is InChI=1S/C12H19NO2S/c1-9-5-4-6-12(7-9)16(14,15)11(3)8-10(2)13/h4-7,10-11H,8,13H2,1-3H3. The maximum atomic E-state index is 12.2. The van der Waals surface area contributed by atoms with E-state index in [9.17, 15) is 8.42 Å². The predicted molar refractivity (Wildman–Crippen MR) is 66.1 cm³/mol. The summed E-state index contributed by atoms with van der Waals surface area (Å²) in [6.45, 7) is 5.42. The zero-order valence-corrected chi connectivity index (χ0v) is 10.8. The van der Waals surface area contributed by atoms with Crippen molar-refractivity contribution >= 4 is 9.84 Å². The van der Waals surface area contributed by atoms with Crippen molar-refractivity contribution in [1.29, 1.82) is 0 Å². The van der Waals surface area contributed by atoms with Gasteiger partial charge in [-0.05, 0) is 44.9 Å². The molecule has 0 saturated carbocycles. The molecule has 0 aliphatic rings. The Morgan fingerprint density at radius 2 is 1.94 bits per heavy atom. The first kappa shape index (κ1) is 13.2. The third-order valence-corrected chi connectivity index (χ3v) is 4.71. The molecule has 0 heterocycles. The Balaban J connectivity index is 3.02. The summed E-state index contributed by atoms with van der Waals surface area (Å²) in [5.74, 6) is 0. The highest BCUT2D eigenvalue weighted by Gasteiger charge is 2.23. The average Bonchev–Trinajstić information content (AvgIpc) is 2.16. The molecule has 0 spiro atoms. The van der Waals surface area contributed by atoms with Crippen LogP contribution in [-0.4, -0.2) is 19.7 Å². The van der Waals surface area contributed by atoms with Crippen LogP contribution in [0.1, 0.15) is 25.8 Å². The third-order valence-electron chi connectivity index (χ3n) is 2.55. The van der Waals surface area contributed by atoms with Crippen molar-refractivity contribution in [2.45, 2.75) is 43.4 Å². The Bertz CT molecular complexity index is 452. The van der Waals surface area contributed by atoms with Crippen LogP contribution in [0.15, 0.2) is 29.2 Å². The number of benzene rings is 1. The molecule has 90 valence electrons. The first-order valence-electron chi connectivity index (χ1n) is 5.40. The van der Waals surface area contributed by atoms with Gasteiger partial charge in [0.05, 0.1) is 10.1 Å². The minimum absolute atomic E-state index is 0.102. The largest absolute Gasteiger partial charge is 0.328 e. The average molecular weight is 241 g/mol. The summed E-state index contributed by atoms with van der Waals surface area (Å²) < 4.78 is 24.3. The van der Waals surface area contributed by atoms with Crippen molar-refractivity contribution in [2.24, 2.45) is 5.73 Å². The number of hydrogen-bond donors (Lipinski definition) is 1. The molecule has 1 rings (SSSR count). The first-order valence-corrected chi connectivity index (χ1v) is 6.95. The molecule has 3 nitrogen and oxygen atoms in total. The predicted octanol–water partition coefficient (Wildman–Crippen LogP) is 1.89. The van der Waals surface area contributed by atoms with E-state index in [0.29, 0.717) is 11.3 Å². The highest BCUT2D eigenvalue weighted by atomic mass is 32.2. The van der Waals surface area contributed by atoms with Gasteiger partial charge in [0.25, 0.3) is 0 Å². The minimum Gasteiger partial charge on any atom is -0.328 e. The summed E-state index contributed by atoms with van der Waals surface area (Å²) in [5.41, 5.74) is 6.59. The first-order chi connectivity index (χ1) is 7.34. The van der Waals surface area contributed by atoms with Crippen LogP contribution in [0.3, 0.4) is 0 Å². The molecule has 0 aromatic heterocycles. The lowest BCUT2D eigenvalue weighted by Gasteiger charge is -2.15. The van der Waals surface area contributed by atoms with Crippen molar-refractivity contribution in [3.8, 4) is 0 Å². The fourth-order valence-electron chi connectivity index (χ4n) is 1.67. The second-order valence-electron chi connectivity index (χ2n) is 4.39. The van der Waals surface area contributed by atoms with Gasteiger partial charge >= 0.3 is 0 Å². The fourth-order valence-corrected chi connectivity index (χ4v) is 3.31. The molecule has 0 amide bonds. The molecule has 0 fully saturated rings. The van der Waals surface area contributed by atoms with E-state index in [4.69, 9.17) is 5.73 Å². The van der Waals surface area contributed by atoms with Gasteiger partial charge in [-0.3, -0.25) is 0 Å². The van der Waals surface area contributed by atoms with Gasteiger partial charge in [-0.25, -0.2) is 8.42 Å². The van der Waals surface area contributed by atoms with Crippen molar-refractivity contribution in [2.75, 3.05) is 0 Å². The van der Waals surface area contributed by atoms with Gasteiger partial charge in [0, 0.05) is 6.04 Å². The van der Waals surface area contributed by atoms with Crippen LogP contribution in [0.4, 0.5) is 0 Å². The molecule has 2 N–H and O–H groups in total. The zero-order chi connectivity index (χ0) is 12.3. The van der Waals surface area contributed by atoms with Crippen LogP contribution in [-0.2, 0) is 9.84 Å². The van der Waals surface area contributed by atoms with Gasteiger partial charge in [-0.2, -0.15) is 0 Å². The lowest BCUT2D eigenvalue weighted by molar-refractivity contribution is 0.563. The molecule has 1 aromatic rings. The van der Waals surface area contributed by atoms with Crippen LogP contribution < -0.4 is 5.73 Å². The van der Waals surface area contributed by atoms with E-state index < -0.39 is 15.1 Å². The lowest BCUT2D eigenvalue weighted by atomic mass is 10.2. The van der Waals surface area contributed by atoms with Crippen LogP contribution in [0, 0.1) is 6.92 Å². The van der Waals surface area contributed by atoms with Crippen molar-refractivity contribution < 1.29 is 8.42 Å². The van der Waals surface area contributed by atoms with E-state index in [2.05, 4.69) is 0 Å². The summed E-state index contributed by atoms with van der Waals surface area (Å²) in [6, 6.07) is 6.89. The number of nitrogens with two attached hydrogens (primary N) is 1. The second-order valence-corrected chi connectivity index (χ2v) is 6.75. The van der Waals surface area contributed by atoms with E-state index in [1.807, 2.05) is 19.9 Å². The van der Waals surface area contributed by atoms with E-state index in [1.165, 1.54) is 0 Å². The monoisotopic (exact) mass is 241 g/mol. The van der Waals surface area contributed by atoms with Gasteiger partial charge in [-0.15, -0.1) is 0 Å². The molecule has 2 atom stereocenters. The van der Waals surface area contributed by atoms with Crippen LogP contribution >= 0.6 is 0 Å². The van der Waals surface area contributed by atoms with Gasteiger partial charge < -0.3 is 5.73 Å². The van der Waals surface area contributed by atoms with E-state index in [1.54, 1.807) is 25.1 Å². The summed E-state index contributed by atoms with van der Waals surface area (Å²) >= 11 is 0. The maximum absolute atomic E-state index is 12.2. The SMILES string of the molecule is Cc1cccc(S(=O)(=O)C(C)CC(C)N)c1. The lowest BCUT2D eigenvalue weighted by Crippen LogP contribution is -2.27. The normalized spacial score (nSPS) is 15.8. The number of rotatable bonds is 4. The molecule has 0 bridgehead atoms. The van der Waals surface area contributed by atoms with Gasteiger partial charge in [0.2, 0.25) is 0 Å². The Labute approximate surface area is 97.6 Å². The molecule has 0 aliphatic heterocycles. The summed E-state index contributed by atoms with van der Waals surface area (Å²) in [5, 5.41) is -0.436. The summed E-state index contributed by atoms with van der Waals surface area (Å²) in [6.07, 6.45) is 0.482. The van der Waals surface area contributed by atoms with Crippen LogP contribution in [0.2, 0.25) is 0 Å². The molecular formula is C12H19NO2S. The van der Waals surface area contributed by atoms with Gasteiger partial charge in [-0.1, -0.05) is 12.1 Å². The molecule has 0 saturated heterocycles. The van der Waals surface area contributed by atoms with E-state index in [-0.39, 0.29) is 6.04 Å². The van der Waals surface area contributed by atoms with Crippen molar-refractivity contribution in [3.05, 3.63) is 29.8 Å². The molecule has 0 radical (unpaired) electrons. The Morgan fingerprint density at radius 3 is 2.44 bits per heavy atom. The molecule has 16 heavy (non-hydrogen) atoms. The van der Waals surface area contributed by atoms with Gasteiger partial charge in [0.1, 0.15) is 0 Å². The topological polar surface area (TPSA) is 60.2 Å².